The summed E-state index contributed by atoms with van der Waals surface area (Å²) < 4.78 is 41.6. The van der Waals surface area contributed by atoms with Crippen molar-refractivity contribution in [3.63, 3.8) is 0 Å². The van der Waals surface area contributed by atoms with Gasteiger partial charge in [0.2, 0.25) is 5.91 Å². The number of nitrogens with one attached hydrogen (secondary N) is 1. The molecule has 0 unspecified atom stereocenters. The highest BCUT2D eigenvalue weighted by atomic mass is 19.4. The van der Waals surface area contributed by atoms with E-state index < -0.39 is 25.3 Å². The summed E-state index contributed by atoms with van der Waals surface area (Å²) in [6, 6.07) is 9.73. The smallest absolute Gasteiger partial charge is 0.362 e. The third kappa shape index (κ3) is 6.52. The Labute approximate surface area is 131 Å². The van der Waals surface area contributed by atoms with Crippen LogP contribution >= 0.6 is 0 Å². The first-order valence-electron chi connectivity index (χ1n) is 6.89. The van der Waals surface area contributed by atoms with E-state index in [9.17, 15) is 18.0 Å². The average Bonchev–Trinajstić information content (AvgIpc) is 2.92. The minimum atomic E-state index is -4.43. The fourth-order valence-electron chi connectivity index (χ4n) is 1.87. The largest absolute Gasteiger partial charge is 0.411 e. The number of benzene rings is 1. The molecule has 0 spiro atoms. The normalized spacial score (nSPS) is 11.4. The van der Waals surface area contributed by atoms with Crippen LogP contribution in [0.3, 0.4) is 0 Å². The lowest BCUT2D eigenvalue weighted by atomic mass is 10.2. The molecule has 1 N–H and O–H groups in total. The van der Waals surface area contributed by atoms with Gasteiger partial charge >= 0.3 is 6.18 Å². The van der Waals surface area contributed by atoms with Gasteiger partial charge in [0.25, 0.3) is 0 Å². The summed E-state index contributed by atoms with van der Waals surface area (Å²) in [5, 5.41) is 6.65. The molecule has 0 aliphatic heterocycles. The number of nitrogens with zero attached hydrogens (tertiary/aromatic N) is 2. The molecule has 8 heteroatoms. The zero-order valence-corrected chi connectivity index (χ0v) is 12.2. The van der Waals surface area contributed by atoms with Gasteiger partial charge in [0.15, 0.2) is 0 Å². The van der Waals surface area contributed by atoms with Crippen molar-refractivity contribution in [2.75, 3.05) is 13.2 Å². The van der Waals surface area contributed by atoms with E-state index in [2.05, 4.69) is 15.2 Å². The maximum atomic E-state index is 11.9. The fourth-order valence-corrected chi connectivity index (χ4v) is 1.87. The second kappa shape index (κ2) is 7.77. The third-order valence-electron chi connectivity index (χ3n) is 2.86. The van der Waals surface area contributed by atoms with Crippen molar-refractivity contribution in [2.24, 2.45) is 0 Å². The lowest BCUT2D eigenvalue weighted by Crippen LogP contribution is -2.29. The molecule has 2 rings (SSSR count). The van der Waals surface area contributed by atoms with E-state index in [1.807, 2.05) is 30.3 Å². The standard InChI is InChI=1S/C15H16F3N3O2/c16-15(17,18)11-23-10-14(22)19-6-13-7-20-21(9-13)8-12-4-2-1-3-5-12/h1-5,7,9H,6,8,10-11H2,(H,19,22). The van der Waals surface area contributed by atoms with Crippen LogP contribution in [0.1, 0.15) is 11.1 Å². The predicted octanol–water partition coefficient (Wildman–Crippen LogP) is 2.13. The fraction of sp³-hybridized carbons (Fsp3) is 0.333. The first kappa shape index (κ1) is 17.0. The maximum Gasteiger partial charge on any atom is 0.411 e. The van der Waals surface area contributed by atoms with Gasteiger partial charge in [-0.2, -0.15) is 18.3 Å². The summed E-state index contributed by atoms with van der Waals surface area (Å²) >= 11 is 0. The van der Waals surface area contributed by atoms with Crippen LogP contribution in [0.2, 0.25) is 0 Å². The molecule has 5 nitrogen and oxygen atoms in total. The average molecular weight is 327 g/mol. The minimum absolute atomic E-state index is 0.184. The summed E-state index contributed by atoms with van der Waals surface area (Å²) in [4.78, 5) is 11.4. The highest BCUT2D eigenvalue weighted by Crippen LogP contribution is 2.14. The molecule has 0 bridgehead atoms. The quantitative estimate of drug-likeness (QED) is 0.847. The van der Waals surface area contributed by atoms with Gasteiger partial charge in [-0.15, -0.1) is 0 Å². The molecule has 2 aromatic rings. The van der Waals surface area contributed by atoms with Crippen molar-refractivity contribution in [1.82, 2.24) is 15.1 Å². The topological polar surface area (TPSA) is 56.1 Å². The second-order valence-corrected chi connectivity index (χ2v) is 4.92. The van der Waals surface area contributed by atoms with Crippen LogP contribution in [0.4, 0.5) is 13.2 Å². The summed E-state index contributed by atoms with van der Waals surface area (Å²) in [6.07, 6.45) is -1.07. The van der Waals surface area contributed by atoms with E-state index in [4.69, 9.17) is 0 Å². The first-order chi connectivity index (χ1) is 10.9. The number of hydrogen-bond acceptors (Lipinski definition) is 3. The molecule has 0 fully saturated rings. The van der Waals surface area contributed by atoms with Crippen LogP contribution in [0.5, 0.6) is 0 Å². The molecule has 1 heterocycles. The molecular formula is C15H16F3N3O2. The van der Waals surface area contributed by atoms with Gasteiger partial charge in [-0.25, -0.2) is 0 Å². The van der Waals surface area contributed by atoms with Crippen molar-refractivity contribution >= 4 is 5.91 Å². The number of carbonyl (C=O) groups is 1. The Morgan fingerprint density at radius 1 is 1.22 bits per heavy atom. The molecule has 124 valence electrons. The van der Waals surface area contributed by atoms with Crippen LogP contribution < -0.4 is 5.32 Å². The Balaban J connectivity index is 1.73. The van der Waals surface area contributed by atoms with Gasteiger partial charge < -0.3 is 10.1 Å². The highest BCUT2D eigenvalue weighted by molar-refractivity contribution is 5.77. The summed E-state index contributed by atoms with van der Waals surface area (Å²) in [5.74, 6) is -0.606. The highest BCUT2D eigenvalue weighted by Gasteiger charge is 2.27. The van der Waals surface area contributed by atoms with Crippen molar-refractivity contribution in [3.8, 4) is 0 Å². The lowest BCUT2D eigenvalue weighted by molar-refractivity contribution is -0.175. The number of alkyl halides is 3. The molecule has 0 aliphatic rings. The van der Waals surface area contributed by atoms with E-state index in [1.165, 1.54) is 0 Å². The van der Waals surface area contributed by atoms with E-state index in [0.717, 1.165) is 11.1 Å². The van der Waals surface area contributed by atoms with E-state index in [0.29, 0.717) is 6.54 Å². The summed E-state index contributed by atoms with van der Waals surface area (Å²) in [5.41, 5.74) is 1.84. The van der Waals surface area contributed by atoms with Crippen molar-refractivity contribution in [3.05, 3.63) is 53.9 Å². The van der Waals surface area contributed by atoms with Crippen molar-refractivity contribution < 1.29 is 22.7 Å². The first-order valence-corrected chi connectivity index (χ1v) is 6.89. The van der Waals surface area contributed by atoms with Crippen LogP contribution in [0, 0.1) is 0 Å². The second-order valence-electron chi connectivity index (χ2n) is 4.92. The van der Waals surface area contributed by atoms with E-state index in [1.54, 1.807) is 17.1 Å². The van der Waals surface area contributed by atoms with Gasteiger partial charge in [-0.1, -0.05) is 30.3 Å². The van der Waals surface area contributed by atoms with Crippen LogP contribution in [-0.4, -0.2) is 35.1 Å². The number of aromatic nitrogens is 2. The Morgan fingerprint density at radius 2 is 1.96 bits per heavy atom. The van der Waals surface area contributed by atoms with Gasteiger partial charge in [-0.05, 0) is 5.56 Å². The van der Waals surface area contributed by atoms with Gasteiger partial charge in [0.1, 0.15) is 13.2 Å². The monoisotopic (exact) mass is 327 g/mol. The summed E-state index contributed by atoms with van der Waals surface area (Å²) in [6.45, 7) is -1.28. The lowest BCUT2D eigenvalue weighted by Gasteiger charge is -2.07. The number of carbonyl (C=O) groups excluding carboxylic acids is 1. The minimum Gasteiger partial charge on any atom is -0.362 e. The molecule has 0 saturated heterocycles. The molecule has 1 aromatic heterocycles. The maximum absolute atomic E-state index is 11.9. The number of amides is 1. The Bertz CT molecular complexity index is 626. The van der Waals surface area contributed by atoms with Gasteiger partial charge in [0, 0.05) is 18.3 Å². The van der Waals surface area contributed by atoms with Gasteiger partial charge in [-0.3, -0.25) is 9.48 Å². The SMILES string of the molecule is O=C(COCC(F)(F)F)NCc1cnn(Cc2ccccc2)c1. The predicted molar refractivity (Wildman–Crippen MR) is 76.5 cm³/mol. The number of ether oxygens (including phenoxy) is 1. The Hall–Kier alpha value is -2.35. The molecule has 1 aromatic carbocycles. The Kier molecular flexibility index (Phi) is 5.75. The number of halogens is 3. The molecule has 23 heavy (non-hydrogen) atoms. The molecule has 1 amide bonds. The summed E-state index contributed by atoms with van der Waals surface area (Å²) in [7, 11) is 0. The van der Waals surface area contributed by atoms with E-state index >= 15 is 0 Å². The molecule has 0 saturated carbocycles. The number of hydrogen-bond donors (Lipinski definition) is 1. The molecule has 0 aliphatic carbocycles. The zero-order valence-electron chi connectivity index (χ0n) is 12.2. The van der Waals surface area contributed by atoms with E-state index in [-0.39, 0.29) is 6.54 Å². The number of rotatable bonds is 7. The van der Waals surface area contributed by atoms with Crippen molar-refractivity contribution in [2.45, 2.75) is 19.3 Å². The van der Waals surface area contributed by atoms with Crippen LogP contribution in [0.15, 0.2) is 42.7 Å². The van der Waals surface area contributed by atoms with Crippen molar-refractivity contribution in [1.29, 1.82) is 0 Å². The zero-order chi connectivity index (χ0) is 16.7. The van der Waals surface area contributed by atoms with Crippen LogP contribution in [0.25, 0.3) is 0 Å². The molecule has 0 atom stereocenters. The Morgan fingerprint density at radius 3 is 2.65 bits per heavy atom. The van der Waals surface area contributed by atoms with Crippen LogP contribution in [-0.2, 0) is 22.6 Å². The molecular weight excluding hydrogens is 311 g/mol. The third-order valence-corrected chi connectivity index (χ3v) is 2.86. The molecule has 0 radical (unpaired) electrons. The van der Waals surface area contributed by atoms with Gasteiger partial charge in [0.05, 0.1) is 12.7 Å².